The number of sulfonamides is 1. The lowest BCUT2D eigenvalue weighted by molar-refractivity contribution is -0.128. The Morgan fingerprint density at radius 2 is 1.85 bits per heavy atom. The Kier molecular flexibility index (Phi) is 5.43. The highest BCUT2D eigenvalue weighted by Crippen LogP contribution is 2.27. The summed E-state index contributed by atoms with van der Waals surface area (Å²) in [5.41, 5.74) is 0. The van der Waals surface area contributed by atoms with Crippen LogP contribution in [0.15, 0.2) is 0 Å². The topological polar surface area (TPSA) is 66.5 Å². The summed E-state index contributed by atoms with van der Waals surface area (Å²) in [5.74, 6) is 0.632. The zero-order valence-corrected chi connectivity index (χ0v) is 13.1. The predicted molar refractivity (Wildman–Crippen MR) is 78.8 cm³/mol. The minimum absolute atomic E-state index is 0.153. The number of nitrogens with zero attached hydrogens (tertiary/aromatic N) is 1. The first kappa shape index (κ1) is 15.8. The summed E-state index contributed by atoms with van der Waals surface area (Å²) < 4.78 is 25.7. The molecule has 1 aliphatic heterocycles. The van der Waals surface area contributed by atoms with Crippen molar-refractivity contribution < 1.29 is 13.2 Å². The van der Waals surface area contributed by atoms with E-state index in [1.807, 2.05) is 6.92 Å². The number of carbonyl (C=O) groups is 1. The van der Waals surface area contributed by atoms with Crippen molar-refractivity contribution in [1.82, 2.24) is 9.62 Å². The molecule has 2 aliphatic rings. The number of carbonyl (C=O) groups excluding carboxylic acids is 1. The van der Waals surface area contributed by atoms with Crippen LogP contribution in [0.4, 0.5) is 0 Å². The Morgan fingerprint density at radius 1 is 1.20 bits per heavy atom. The molecule has 0 unspecified atom stereocenters. The molecule has 0 radical (unpaired) electrons. The van der Waals surface area contributed by atoms with Gasteiger partial charge >= 0.3 is 0 Å². The molecule has 1 amide bonds. The number of unbranched alkanes of at least 4 members (excludes halogenated alkanes) is 1. The normalized spacial score (nSPS) is 22.4. The average molecular weight is 302 g/mol. The molecule has 0 aromatic rings. The van der Waals surface area contributed by atoms with Gasteiger partial charge in [0, 0.05) is 25.0 Å². The first-order valence-corrected chi connectivity index (χ1v) is 9.42. The third-order valence-electron chi connectivity index (χ3n) is 4.43. The second-order valence-electron chi connectivity index (χ2n) is 5.98. The lowest BCUT2D eigenvalue weighted by atomic mass is 9.84. The largest absolute Gasteiger partial charge is 0.353 e. The summed E-state index contributed by atoms with van der Waals surface area (Å²) >= 11 is 0. The highest BCUT2D eigenvalue weighted by molar-refractivity contribution is 7.89. The highest BCUT2D eigenvalue weighted by atomic mass is 32.2. The van der Waals surface area contributed by atoms with Crippen LogP contribution in [0.1, 0.15) is 51.9 Å². The molecule has 1 heterocycles. The van der Waals surface area contributed by atoms with E-state index in [1.165, 1.54) is 0 Å². The molecule has 116 valence electrons. The van der Waals surface area contributed by atoms with Crippen LogP contribution in [-0.4, -0.2) is 43.5 Å². The van der Waals surface area contributed by atoms with E-state index in [0.717, 1.165) is 44.9 Å². The molecular weight excluding hydrogens is 276 g/mol. The highest BCUT2D eigenvalue weighted by Gasteiger charge is 2.31. The first-order chi connectivity index (χ1) is 9.53. The van der Waals surface area contributed by atoms with Gasteiger partial charge < -0.3 is 5.32 Å². The second-order valence-corrected chi connectivity index (χ2v) is 8.07. The Hall–Kier alpha value is -0.620. The molecule has 1 saturated carbocycles. The van der Waals surface area contributed by atoms with Crippen LogP contribution in [0, 0.1) is 5.92 Å². The third kappa shape index (κ3) is 3.95. The van der Waals surface area contributed by atoms with E-state index in [1.54, 1.807) is 4.31 Å². The van der Waals surface area contributed by atoms with E-state index in [4.69, 9.17) is 0 Å². The van der Waals surface area contributed by atoms with E-state index in [0.29, 0.717) is 13.1 Å². The van der Waals surface area contributed by atoms with Crippen LogP contribution in [0.2, 0.25) is 0 Å². The Balaban J connectivity index is 1.75. The zero-order valence-electron chi connectivity index (χ0n) is 12.3. The number of hydrogen-bond acceptors (Lipinski definition) is 3. The molecule has 6 heteroatoms. The molecule has 0 spiro atoms. The predicted octanol–water partition coefficient (Wildman–Crippen LogP) is 1.50. The van der Waals surface area contributed by atoms with E-state index >= 15 is 0 Å². The lowest BCUT2D eigenvalue weighted by Gasteiger charge is -2.33. The van der Waals surface area contributed by atoms with Gasteiger partial charge in [-0.05, 0) is 32.1 Å². The monoisotopic (exact) mass is 302 g/mol. The summed E-state index contributed by atoms with van der Waals surface area (Å²) in [4.78, 5) is 11.9. The van der Waals surface area contributed by atoms with Crippen LogP contribution < -0.4 is 5.32 Å². The number of nitrogens with one attached hydrogen (secondary N) is 1. The molecule has 1 aliphatic carbocycles. The van der Waals surface area contributed by atoms with Crippen LogP contribution in [0.3, 0.4) is 0 Å². The van der Waals surface area contributed by atoms with Crippen molar-refractivity contribution in [3.63, 3.8) is 0 Å². The Labute approximate surface area is 122 Å². The number of hydrogen-bond donors (Lipinski definition) is 1. The quantitative estimate of drug-likeness (QED) is 0.808. The van der Waals surface area contributed by atoms with Crippen LogP contribution in [-0.2, 0) is 14.8 Å². The van der Waals surface area contributed by atoms with Crippen LogP contribution in [0.5, 0.6) is 0 Å². The molecule has 0 bridgehead atoms. The molecule has 1 saturated heterocycles. The van der Waals surface area contributed by atoms with Crippen molar-refractivity contribution in [3.05, 3.63) is 0 Å². The van der Waals surface area contributed by atoms with Gasteiger partial charge in [-0.3, -0.25) is 4.79 Å². The maximum Gasteiger partial charge on any atom is 0.223 e. The average Bonchev–Trinajstić information content (AvgIpc) is 2.35. The van der Waals surface area contributed by atoms with Crippen molar-refractivity contribution in [2.45, 2.75) is 57.9 Å². The van der Waals surface area contributed by atoms with Gasteiger partial charge in [0.1, 0.15) is 0 Å². The van der Waals surface area contributed by atoms with E-state index in [-0.39, 0.29) is 23.6 Å². The van der Waals surface area contributed by atoms with Gasteiger partial charge in [-0.25, -0.2) is 12.7 Å². The van der Waals surface area contributed by atoms with Crippen molar-refractivity contribution in [1.29, 1.82) is 0 Å². The van der Waals surface area contributed by atoms with Gasteiger partial charge in [0.2, 0.25) is 15.9 Å². The number of piperidine rings is 1. The molecule has 0 aromatic carbocycles. The summed E-state index contributed by atoms with van der Waals surface area (Å²) in [6.07, 6.45) is 6.28. The van der Waals surface area contributed by atoms with Gasteiger partial charge in [-0.1, -0.05) is 19.8 Å². The Morgan fingerprint density at radius 3 is 2.35 bits per heavy atom. The van der Waals surface area contributed by atoms with Crippen molar-refractivity contribution >= 4 is 15.9 Å². The molecule has 1 N–H and O–H groups in total. The summed E-state index contributed by atoms with van der Waals surface area (Å²) in [7, 11) is -3.09. The van der Waals surface area contributed by atoms with Gasteiger partial charge in [0.05, 0.1) is 5.75 Å². The number of rotatable bonds is 6. The summed E-state index contributed by atoms with van der Waals surface area (Å²) in [6, 6.07) is 0.153. The fraction of sp³-hybridized carbons (Fsp3) is 0.929. The standard InChI is InChI=1S/C14H26N2O3S/c1-2-3-11-20(18,19)16-9-7-13(8-10-16)15-14(17)12-5-4-6-12/h12-13H,2-11H2,1H3,(H,15,17). The molecule has 0 atom stereocenters. The first-order valence-electron chi connectivity index (χ1n) is 7.81. The molecule has 5 nitrogen and oxygen atoms in total. The summed E-state index contributed by atoms with van der Waals surface area (Å²) in [6.45, 7) is 3.08. The van der Waals surface area contributed by atoms with Gasteiger partial charge in [0.25, 0.3) is 0 Å². The summed E-state index contributed by atoms with van der Waals surface area (Å²) in [5, 5.41) is 3.08. The number of amides is 1. The minimum Gasteiger partial charge on any atom is -0.353 e. The molecular formula is C14H26N2O3S. The maximum absolute atomic E-state index is 12.1. The van der Waals surface area contributed by atoms with Crippen molar-refractivity contribution in [2.24, 2.45) is 5.92 Å². The third-order valence-corrected chi connectivity index (χ3v) is 6.38. The van der Waals surface area contributed by atoms with Gasteiger partial charge in [-0.15, -0.1) is 0 Å². The van der Waals surface area contributed by atoms with E-state index in [2.05, 4.69) is 5.32 Å². The smallest absolute Gasteiger partial charge is 0.223 e. The molecule has 0 aromatic heterocycles. The second kappa shape index (κ2) is 6.89. The van der Waals surface area contributed by atoms with Gasteiger partial charge in [0.15, 0.2) is 0 Å². The SMILES string of the molecule is CCCCS(=O)(=O)N1CCC(NC(=O)C2CCC2)CC1. The Bertz CT molecular complexity index is 424. The zero-order chi connectivity index (χ0) is 14.6. The van der Waals surface area contributed by atoms with E-state index in [9.17, 15) is 13.2 Å². The van der Waals surface area contributed by atoms with Crippen LogP contribution >= 0.6 is 0 Å². The van der Waals surface area contributed by atoms with E-state index < -0.39 is 10.0 Å². The fourth-order valence-corrected chi connectivity index (χ4v) is 4.40. The van der Waals surface area contributed by atoms with Crippen molar-refractivity contribution in [2.75, 3.05) is 18.8 Å². The molecule has 20 heavy (non-hydrogen) atoms. The fourth-order valence-electron chi connectivity index (χ4n) is 2.72. The molecule has 2 fully saturated rings. The van der Waals surface area contributed by atoms with Gasteiger partial charge in [-0.2, -0.15) is 0 Å². The van der Waals surface area contributed by atoms with Crippen LogP contribution in [0.25, 0.3) is 0 Å². The lowest BCUT2D eigenvalue weighted by Crippen LogP contribution is -2.48. The molecule has 2 rings (SSSR count). The van der Waals surface area contributed by atoms with Crippen molar-refractivity contribution in [3.8, 4) is 0 Å². The maximum atomic E-state index is 12.1. The minimum atomic E-state index is -3.09.